The van der Waals surface area contributed by atoms with E-state index in [-0.39, 0.29) is 5.41 Å². The van der Waals surface area contributed by atoms with Gasteiger partial charge in [0.05, 0.1) is 0 Å². The van der Waals surface area contributed by atoms with E-state index >= 15 is 0 Å². The summed E-state index contributed by atoms with van der Waals surface area (Å²) in [5, 5.41) is 2.29. The lowest BCUT2D eigenvalue weighted by Crippen LogP contribution is -2.15. The molecule has 9 aromatic rings. The molecule has 0 saturated carbocycles. The summed E-state index contributed by atoms with van der Waals surface area (Å²) >= 11 is 0. The third-order valence-electron chi connectivity index (χ3n) is 11.1. The summed E-state index contributed by atoms with van der Waals surface area (Å²) in [5.74, 6) is 0. The van der Waals surface area contributed by atoms with Crippen molar-refractivity contribution < 1.29 is 4.42 Å². The van der Waals surface area contributed by atoms with Crippen molar-refractivity contribution in [3.63, 3.8) is 0 Å². The Morgan fingerprint density at radius 3 is 1.81 bits per heavy atom. The maximum Gasteiger partial charge on any atom is 0.136 e. The second-order valence-electron chi connectivity index (χ2n) is 14.6. The molecule has 0 bridgehead atoms. The third-order valence-corrected chi connectivity index (χ3v) is 11.1. The van der Waals surface area contributed by atoms with Gasteiger partial charge >= 0.3 is 0 Å². The van der Waals surface area contributed by atoms with Crippen LogP contribution in [0, 0.1) is 0 Å². The first kappa shape index (κ1) is 31.1. The van der Waals surface area contributed by atoms with E-state index in [1.54, 1.807) is 0 Å². The molecule has 1 aliphatic rings. The van der Waals surface area contributed by atoms with E-state index in [4.69, 9.17) is 4.42 Å². The van der Waals surface area contributed by atoms with Crippen LogP contribution in [0.15, 0.2) is 192 Å². The predicted octanol–water partition coefficient (Wildman–Crippen LogP) is 14.4. The van der Waals surface area contributed by atoms with Gasteiger partial charge in [0.25, 0.3) is 0 Å². The summed E-state index contributed by atoms with van der Waals surface area (Å²) in [4.78, 5) is 2.35. The van der Waals surface area contributed by atoms with Crippen molar-refractivity contribution in [3.05, 3.63) is 199 Å². The molecule has 1 heterocycles. The second kappa shape index (κ2) is 12.3. The van der Waals surface area contributed by atoms with Crippen LogP contribution in [0.1, 0.15) is 25.0 Å². The van der Waals surface area contributed by atoms with Crippen molar-refractivity contribution in [2.75, 3.05) is 4.90 Å². The molecule has 2 heteroatoms. The maximum atomic E-state index is 6.20. The van der Waals surface area contributed by atoms with Crippen molar-refractivity contribution in [2.24, 2.45) is 0 Å². The number of anilines is 3. The molecule has 0 unspecified atom stereocenters. The largest absolute Gasteiger partial charge is 0.456 e. The zero-order chi connectivity index (χ0) is 35.5. The summed E-state index contributed by atoms with van der Waals surface area (Å²) in [6.45, 7) is 4.71. The molecule has 0 saturated heterocycles. The summed E-state index contributed by atoms with van der Waals surface area (Å²) < 4.78 is 6.20. The second-order valence-corrected chi connectivity index (χ2v) is 14.6. The molecule has 0 amide bonds. The number of hydrogen-bond donors (Lipinski definition) is 0. The molecule has 8 aromatic carbocycles. The van der Waals surface area contributed by atoms with Crippen LogP contribution >= 0.6 is 0 Å². The Hall–Kier alpha value is -6.64. The van der Waals surface area contributed by atoms with Gasteiger partial charge in [0.2, 0.25) is 0 Å². The monoisotopic (exact) mass is 679 g/mol. The van der Waals surface area contributed by atoms with Crippen LogP contribution in [0.4, 0.5) is 17.1 Å². The number of benzene rings is 8. The van der Waals surface area contributed by atoms with Gasteiger partial charge in [0.1, 0.15) is 11.2 Å². The third kappa shape index (κ3) is 5.18. The minimum atomic E-state index is -0.0810. The first-order valence-corrected chi connectivity index (χ1v) is 18.3. The van der Waals surface area contributed by atoms with E-state index in [9.17, 15) is 0 Å². The van der Waals surface area contributed by atoms with Crippen LogP contribution in [0.3, 0.4) is 0 Å². The molecule has 0 aliphatic heterocycles. The predicted molar refractivity (Wildman–Crippen MR) is 222 cm³/mol. The number of hydrogen-bond acceptors (Lipinski definition) is 2. The molecule has 10 rings (SSSR count). The van der Waals surface area contributed by atoms with E-state index < -0.39 is 0 Å². The van der Waals surface area contributed by atoms with Crippen molar-refractivity contribution in [3.8, 4) is 44.5 Å². The van der Waals surface area contributed by atoms with Crippen LogP contribution in [-0.4, -0.2) is 0 Å². The zero-order valence-corrected chi connectivity index (χ0v) is 29.8. The smallest absolute Gasteiger partial charge is 0.136 e. The van der Waals surface area contributed by atoms with Gasteiger partial charge in [-0.2, -0.15) is 0 Å². The number of furan rings is 1. The standard InChI is InChI=1S/C51H37NO/c1-51(2)46-30-26-37(32-45(46)43-29-25-38(33-47(43)51)34-13-5-3-6-14-34)36-15-11-18-41(31-36)52(39-16-7-4-8-17-39)40-27-23-35(24-28-40)42-20-12-22-49-50(42)44-19-9-10-21-48(44)53-49/h3-33H,1-2H3. The van der Waals surface area contributed by atoms with Gasteiger partial charge in [0.15, 0.2) is 0 Å². The van der Waals surface area contributed by atoms with Gasteiger partial charge in [-0.25, -0.2) is 0 Å². The van der Waals surface area contributed by atoms with E-state index in [1.165, 1.54) is 50.1 Å². The van der Waals surface area contributed by atoms with Crippen molar-refractivity contribution in [1.82, 2.24) is 0 Å². The average molecular weight is 680 g/mol. The molecule has 0 atom stereocenters. The van der Waals surface area contributed by atoms with Crippen molar-refractivity contribution in [2.45, 2.75) is 19.3 Å². The van der Waals surface area contributed by atoms with E-state index in [2.05, 4.69) is 195 Å². The minimum absolute atomic E-state index is 0.0810. The van der Waals surface area contributed by atoms with Gasteiger partial charge < -0.3 is 9.32 Å². The van der Waals surface area contributed by atoms with Gasteiger partial charge in [-0.3, -0.25) is 0 Å². The molecule has 1 aromatic heterocycles. The fourth-order valence-corrected chi connectivity index (χ4v) is 8.40. The highest BCUT2D eigenvalue weighted by Crippen LogP contribution is 2.51. The van der Waals surface area contributed by atoms with Crippen molar-refractivity contribution >= 4 is 39.0 Å². The molecular formula is C51H37NO. The summed E-state index contributed by atoms with van der Waals surface area (Å²) in [6.07, 6.45) is 0. The fourth-order valence-electron chi connectivity index (χ4n) is 8.40. The molecule has 0 N–H and O–H groups in total. The molecular weight excluding hydrogens is 643 g/mol. The normalized spacial score (nSPS) is 12.9. The molecule has 252 valence electrons. The number of fused-ring (bicyclic) bond motifs is 6. The summed E-state index contributed by atoms with van der Waals surface area (Å²) in [6, 6.07) is 67.8. The van der Waals surface area contributed by atoms with Gasteiger partial charge in [0, 0.05) is 33.2 Å². The Labute approximate surface area is 310 Å². The average Bonchev–Trinajstić information content (AvgIpc) is 3.71. The molecule has 1 aliphatic carbocycles. The summed E-state index contributed by atoms with van der Waals surface area (Å²) in [5.41, 5.74) is 17.7. The van der Waals surface area contributed by atoms with E-state index in [0.717, 1.165) is 44.6 Å². The van der Waals surface area contributed by atoms with E-state index in [0.29, 0.717) is 0 Å². The Morgan fingerprint density at radius 1 is 0.377 bits per heavy atom. The Balaban J connectivity index is 1.03. The maximum absolute atomic E-state index is 6.20. The van der Waals surface area contributed by atoms with Crippen LogP contribution in [0.25, 0.3) is 66.4 Å². The Kier molecular flexibility index (Phi) is 7.19. The molecule has 0 fully saturated rings. The SMILES string of the molecule is CC1(C)c2ccc(-c3cccc(N(c4ccccc4)c4ccc(-c5cccc6oc7ccccc7c56)cc4)c3)cc2-c2ccc(-c3ccccc3)cc21. The first-order chi connectivity index (χ1) is 26.0. The number of rotatable bonds is 6. The number of para-hydroxylation sites is 2. The van der Waals surface area contributed by atoms with Crippen LogP contribution in [0.5, 0.6) is 0 Å². The molecule has 0 radical (unpaired) electrons. The first-order valence-electron chi connectivity index (χ1n) is 18.3. The lowest BCUT2D eigenvalue weighted by Gasteiger charge is -2.26. The number of nitrogens with zero attached hydrogens (tertiary/aromatic N) is 1. The highest BCUT2D eigenvalue weighted by Gasteiger charge is 2.35. The van der Waals surface area contributed by atoms with E-state index in [1.807, 2.05) is 12.1 Å². The van der Waals surface area contributed by atoms with Gasteiger partial charge in [-0.1, -0.05) is 141 Å². The zero-order valence-electron chi connectivity index (χ0n) is 29.8. The lowest BCUT2D eigenvalue weighted by molar-refractivity contribution is 0.660. The fraction of sp³-hybridized carbons (Fsp3) is 0.0588. The molecule has 0 spiro atoms. The lowest BCUT2D eigenvalue weighted by atomic mass is 9.81. The minimum Gasteiger partial charge on any atom is -0.456 e. The van der Waals surface area contributed by atoms with Crippen LogP contribution < -0.4 is 4.90 Å². The van der Waals surface area contributed by atoms with Crippen LogP contribution in [-0.2, 0) is 5.41 Å². The van der Waals surface area contributed by atoms with Gasteiger partial charge in [-0.15, -0.1) is 0 Å². The highest BCUT2D eigenvalue weighted by molar-refractivity contribution is 6.12. The highest BCUT2D eigenvalue weighted by atomic mass is 16.3. The quantitative estimate of drug-likeness (QED) is 0.174. The van der Waals surface area contributed by atoms with Crippen LogP contribution in [0.2, 0.25) is 0 Å². The topological polar surface area (TPSA) is 16.4 Å². The Bertz CT molecular complexity index is 2790. The van der Waals surface area contributed by atoms with Crippen molar-refractivity contribution in [1.29, 1.82) is 0 Å². The molecule has 2 nitrogen and oxygen atoms in total. The molecule has 53 heavy (non-hydrogen) atoms. The summed E-state index contributed by atoms with van der Waals surface area (Å²) in [7, 11) is 0. The van der Waals surface area contributed by atoms with Gasteiger partial charge in [-0.05, 0) is 116 Å². The Morgan fingerprint density at radius 2 is 0.981 bits per heavy atom.